The monoisotopic (exact) mass is 347 g/mol. The summed E-state index contributed by atoms with van der Waals surface area (Å²) in [4.78, 5) is 8.51. The Morgan fingerprint density at radius 1 is 1.05 bits per heavy atom. The molecule has 1 heterocycles. The Balaban J connectivity index is 2.78. The molecule has 0 bridgehead atoms. The summed E-state index contributed by atoms with van der Waals surface area (Å²) in [5.74, 6) is 0.205. The van der Waals surface area contributed by atoms with Gasteiger partial charge in [0.1, 0.15) is 0 Å². The van der Waals surface area contributed by atoms with Crippen LogP contribution in [0.2, 0.25) is 10.0 Å². The first-order chi connectivity index (χ1) is 9.47. The van der Waals surface area contributed by atoms with Crippen LogP contribution < -0.4 is 5.32 Å². The van der Waals surface area contributed by atoms with Gasteiger partial charge >= 0.3 is 0 Å². The molecule has 0 unspecified atom stereocenters. The van der Waals surface area contributed by atoms with Gasteiger partial charge in [0, 0.05) is 11.8 Å². The molecule has 5 nitrogen and oxygen atoms in total. The largest absolute Gasteiger partial charge is 0.363 e. The second-order valence-electron chi connectivity index (χ2n) is 5.78. The molecule has 1 N–H and O–H groups in total. The lowest BCUT2D eigenvalue weighted by molar-refractivity contribution is 0.595. The van der Waals surface area contributed by atoms with Crippen LogP contribution in [-0.4, -0.2) is 30.2 Å². The molecule has 2 rings (SSSR count). The number of nitrogens with zero attached hydrogens (tertiary/aromatic N) is 2. The molecular formula is C13H15Cl2N3O2S. The van der Waals surface area contributed by atoms with Gasteiger partial charge in [-0.2, -0.15) is 0 Å². The lowest BCUT2D eigenvalue weighted by Crippen LogP contribution is -2.28. The van der Waals surface area contributed by atoms with Crippen LogP contribution in [0.1, 0.15) is 20.8 Å². The van der Waals surface area contributed by atoms with E-state index in [0.717, 1.165) is 6.26 Å². The molecule has 0 saturated heterocycles. The molecule has 0 aliphatic carbocycles. The Morgan fingerprint density at radius 2 is 1.52 bits per heavy atom. The average Bonchev–Trinajstić information content (AvgIpc) is 2.27. The summed E-state index contributed by atoms with van der Waals surface area (Å²) in [6.07, 6.45) is 1.09. The third-order valence-electron chi connectivity index (χ3n) is 2.52. The smallest absolute Gasteiger partial charge is 0.198 e. The van der Waals surface area contributed by atoms with E-state index in [1.165, 1.54) is 6.07 Å². The van der Waals surface area contributed by atoms with Gasteiger partial charge in [0.05, 0.1) is 21.1 Å². The Morgan fingerprint density at radius 3 is 1.95 bits per heavy atom. The van der Waals surface area contributed by atoms with E-state index >= 15 is 0 Å². The maximum absolute atomic E-state index is 11.9. The van der Waals surface area contributed by atoms with Crippen molar-refractivity contribution < 1.29 is 8.42 Å². The summed E-state index contributed by atoms with van der Waals surface area (Å²) >= 11 is 11.9. The Labute approximate surface area is 133 Å². The SMILES string of the molecule is CC(C)(C)Nc1nc2cc(Cl)c(Cl)cc2nc1S(C)(=O)=O. The number of sulfone groups is 1. The molecule has 0 amide bonds. The van der Waals surface area contributed by atoms with Crippen molar-refractivity contribution in [2.75, 3.05) is 11.6 Å². The van der Waals surface area contributed by atoms with Crippen molar-refractivity contribution >= 4 is 49.9 Å². The van der Waals surface area contributed by atoms with Crippen molar-refractivity contribution in [3.05, 3.63) is 22.2 Å². The highest BCUT2D eigenvalue weighted by atomic mass is 35.5. The predicted octanol–water partition coefficient (Wildman–Crippen LogP) is 3.55. The van der Waals surface area contributed by atoms with Crippen LogP contribution in [0.5, 0.6) is 0 Å². The van der Waals surface area contributed by atoms with Gasteiger partial charge in [0.25, 0.3) is 0 Å². The lowest BCUT2D eigenvalue weighted by Gasteiger charge is -2.22. The van der Waals surface area contributed by atoms with E-state index in [2.05, 4.69) is 15.3 Å². The minimum absolute atomic E-state index is 0.108. The Hall–Kier alpha value is -1.11. The second-order valence-corrected chi connectivity index (χ2v) is 8.52. The summed E-state index contributed by atoms with van der Waals surface area (Å²) in [5.41, 5.74) is 0.491. The molecule has 0 saturated carbocycles. The predicted molar refractivity (Wildman–Crippen MR) is 86.0 cm³/mol. The Kier molecular flexibility index (Phi) is 4.08. The van der Waals surface area contributed by atoms with E-state index in [1.807, 2.05) is 20.8 Å². The van der Waals surface area contributed by atoms with E-state index in [9.17, 15) is 8.42 Å². The number of hydrogen-bond acceptors (Lipinski definition) is 5. The van der Waals surface area contributed by atoms with Crippen LogP contribution in [0.25, 0.3) is 11.0 Å². The van der Waals surface area contributed by atoms with Crippen molar-refractivity contribution in [2.45, 2.75) is 31.3 Å². The zero-order valence-corrected chi connectivity index (χ0v) is 14.4. The number of fused-ring (bicyclic) bond motifs is 1. The van der Waals surface area contributed by atoms with Crippen molar-refractivity contribution in [2.24, 2.45) is 0 Å². The van der Waals surface area contributed by atoms with Crippen molar-refractivity contribution in [3.8, 4) is 0 Å². The minimum atomic E-state index is -3.53. The standard InChI is InChI=1S/C13H15Cl2N3O2S/c1-13(2,3)18-11-12(21(4,19)20)17-10-6-8(15)7(14)5-9(10)16-11/h5-6H,1-4H3,(H,16,18). The molecule has 0 spiro atoms. The summed E-state index contributed by atoms with van der Waals surface area (Å²) in [7, 11) is -3.53. The normalized spacial score (nSPS) is 12.7. The molecule has 21 heavy (non-hydrogen) atoms. The molecule has 8 heteroatoms. The quantitative estimate of drug-likeness (QED) is 0.899. The van der Waals surface area contributed by atoms with Gasteiger partial charge in [-0.3, -0.25) is 0 Å². The third-order valence-corrected chi connectivity index (χ3v) is 4.23. The summed E-state index contributed by atoms with van der Waals surface area (Å²) < 4.78 is 23.9. The lowest BCUT2D eigenvalue weighted by atomic mass is 10.1. The van der Waals surface area contributed by atoms with Gasteiger partial charge in [-0.1, -0.05) is 23.2 Å². The zero-order valence-electron chi connectivity index (χ0n) is 12.0. The number of benzene rings is 1. The summed E-state index contributed by atoms with van der Waals surface area (Å²) in [5, 5.41) is 3.59. The van der Waals surface area contributed by atoms with Crippen LogP contribution in [0.15, 0.2) is 17.2 Å². The second kappa shape index (κ2) is 5.26. The van der Waals surface area contributed by atoms with Crippen molar-refractivity contribution in [1.82, 2.24) is 9.97 Å². The zero-order chi connectivity index (χ0) is 16.0. The third kappa shape index (κ3) is 3.75. The van der Waals surface area contributed by atoms with Gasteiger partial charge in [-0.25, -0.2) is 18.4 Å². The molecule has 1 aromatic carbocycles. The fourth-order valence-electron chi connectivity index (χ4n) is 1.73. The van der Waals surface area contributed by atoms with Gasteiger partial charge in [-0.15, -0.1) is 0 Å². The number of nitrogens with one attached hydrogen (secondary N) is 1. The number of hydrogen-bond donors (Lipinski definition) is 1. The minimum Gasteiger partial charge on any atom is -0.363 e. The summed E-state index contributed by atoms with van der Waals surface area (Å²) in [6.45, 7) is 5.71. The first-order valence-corrected chi connectivity index (χ1v) is 8.77. The van der Waals surface area contributed by atoms with Gasteiger partial charge < -0.3 is 5.32 Å². The van der Waals surface area contributed by atoms with Crippen LogP contribution >= 0.6 is 23.2 Å². The molecule has 114 valence electrons. The van der Waals surface area contributed by atoms with E-state index in [1.54, 1.807) is 6.07 Å². The average molecular weight is 348 g/mol. The fraction of sp³-hybridized carbons (Fsp3) is 0.385. The molecular weight excluding hydrogens is 333 g/mol. The molecule has 0 atom stereocenters. The van der Waals surface area contributed by atoms with E-state index in [0.29, 0.717) is 21.1 Å². The van der Waals surface area contributed by atoms with Gasteiger partial charge in [0.15, 0.2) is 20.7 Å². The van der Waals surface area contributed by atoms with Gasteiger partial charge in [0.2, 0.25) is 0 Å². The summed E-state index contributed by atoms with van der Waals surface area (Å²) in [6, 6.07) is 3.06. The Bertz CT molecular complexity index is 814. The molecule has 2 aromatic rings. The molecule has 0 fully saturated rings. The number of halogens is 2. The molecule has 0 aliphatic rings. The van der Waals surface area contributed by atoms with Crippen LogP contribution in [0, 0.1) is 0 Å². The van der Waals surface area contributed by atoms with Crippen molar-refractivity contribution in [3.63, 3.8) is 0 Å². The topological polar surface area (TPSA) is 72.0 Å². The van der Waals surface area contributed by atoms with Crippen molar-refractivity contribution in [1.29, 1.82) is 0 Å². The fourth-order valence-corrected chi connectivity index (χ4v) is 2.76. The van der Waals surface area contributed by atoms with Crippen LogP contribution in [-0.2, 0) is 9.84 Å². The highest BCUT2D eigenvalue weighted by Gasteiger charge is 2.22. The van der Waals surface area contributed by atoms with E-state index in [4.69, 9.17) is 23.2 Å². The number of rotatable bonds is 2. The highest BCUT2D eigenvalue weighted by Crippen LogP contribution is 2.29. The molecule has 1 aromatic heterocycles. The van der Waals surface area contributed by atoms with Gasteiger partial charge in [-0.05, 0) is 32.9 Å². The number of aromatic nitrogens is 2. The highest BCUT2D eigenvalue weighted by molar-refractivity contribution is 7.90. The maximum atomic E-state index is 11.9. The molecule has 0 aliphatic heterocycles. The van der Waals surface area contributed by atoms with E-state index in [-0.39, 0.29) is 16.4 Å². The van der Waals surface area contributed by atoms with Crippen LogP contribution in [0.4, 0.5) is 5.82 Å². The molecule has 0 radical (unpaired) electrons. The van der Waals surface area contributed by atoms with Crippen LogP contribution in [0.3, 0.4) is 0 Å². The first-order valence-electron chi connectivity index (χ1n) is 6.12. The number of anilines is 1. The maximum Gasteiger partial charge on any atom is 0.198 e. The van der Waals surface area contributed by atoms with E-state index < -0.39 is 9.84 Å². The first kappa shape index (κ1) is 16.3.